The van der Waals surface area contributed by atoms with E-state index in [1.807, 2.05) is 0 Å². The number of halogens is 1. The van der Waals surface area contributed by atoms with Crippen molar-refractivity contribution >= 4 is 17.4 Å². The summed E-state index contributed by atoms with van der Waals surface area (Å²) in [7, 11) is 0. The number of hydrogen-bond acceptors (Lipinski definition) is 3. The van der Waals surface area contributed by atoms with Crippen LogP contribution in [0.25, 0.3) is 0 Å². The van der Waals surface area contributed by atoms with Gasteiger partial charge < -0.3 is 4.90 Å². The first kappa shape index (κ1) is 11.2. The van der Waals surface area contributed by atoms with E-state index < -0.39 is 0 Å². The van der Waals surface area contributed by atoms with E-state index >= 15 is 0 Å². The van der Waals surface area contributed by atoms with Crippen LogP contribution in [0.3, 0.4) is 0 Å². The summed E-state index contributed by atoms with van der Waals surface area (Å²) < 4.78 is 0. The Hall–Kier alpha value is -0.830. The highest BCUT2D eigenvalue weighted by Crippen LogP contribution is 2.21. The topological polar surface area (TPSA) is 29.0 Å². The van der Waals surface area contributed by atoms with Crippen LogP contribution < -0.4 is 4.90 Å². The number of aromatic nitrogens is 2. The van der Waals surface area contributed by atoms with Crippen molar-refractivity contribution in [2.45, 2.75) is 33.2 Å². The summed E-state index contributed by atoms with van der Waals surface area (Å²) in [6.07, 6.45) is 4.35. The molecule has 1 aromatic rings. The Labute approximate surface area is 90.1 Å². The van der Waals surface area contributed by atoms with Gasteiger partial charge in [-0.15, -0.1) is 0 Å². The van der Waals surface area contributed by atoms with Gasteiger partial charge in [-0.1, -0.05) is 18.5 Å². The summed E-state index contributed by atoms with van der Waals surface area (Å²) in [4.78, 5) is 10.4. The van der Waals surface area contributed by atoms with E-state index in [9.17, 15) is 0 Å². The molecule has 3 nitrogen and oxygen atoms in total. The van der Waals surface area contributed by atoms with Crippen molar-refractivity contribution < 1.29 is 0 Å². The van der Waals surface area contributed by atoms with Gasteiger partial charge in [0.25, 0.3) is 0 Å². The molecule has 1 aromatic heterocycles. The average molecular weight is 214 g/mol. The number of nitrogens with zero attached hydrogens (tertiary/aromatic N) is 3. The van der Waals surface area contributed by atoms with Crippen molar-refractivity contribution in [2.75, 3.05) is 11.4 Å². The number of rotatable bonds is 4. The van der Waals surface area contributed by atoms with Crippen molar-refractivity contribution in [3.8, 4) is 0 Å². The largest absolute Gasteiger partial charge is 0.352 e. The Morgan fingerprint density at radius 2 is 2.00 bits per heavy atom. The van der Waals surface area contributed by atoms with E-state index in [2.05, 4.69) is 35.6 Å². The average Bonchev–Trinajstić information content (AvgIpc) is 2.15. The second kappa shape index (κ2) is 5.15. The normalized spacial score (nSPS) is 10.6. The third-order valence-electron chi connectivity index (χ3n) is 2.00. The molecule has 0 saturated carbocycles. The van der Waals surface area contributed by atoms with E-state index in [1.54, 1.807) is 12.4 Å². The third-order valence-corrected chi connectivity index (χ3v) is 2.26. The Bertz CT molecular complexity index is 288. The molecule has 1 heterocycles. The summed E-state index contributed by atoms with van der Waals surface area (Å²) in [6, 6.07) is 0.393. The molecule has 0 unspecified atom stereocenters. The quantitative estimate of drug-likeness (QED) is 0.770. The molecule has 0 radical (unpaired) electrons. The van der Waals surface area contributed by atoms with Gasteiger partial charge in [0.15, 0.2) is 11.0 Å². The molecule has 0 atom stereocenters. The fraction of sp³-hybridized carbons (Fsp3) is 0.600. The summed E-state index contributed by atoms with van der Waals surface area (Å²) in [5.74, 6) is 0.783. The van der Waals surface area contributed by atoms with Crippen LogP contribution in [-0.2, 0) is 0 Å². The zero-order valence-corrected chi connectivity index (χ0v) is 9.62. The Kier molecular flexibility index (Phi) is 4.14. The lowest BCUT2D eigenvalue weighted by molar-refractivity contribution is 0.660. The number of hydrogen-bond donors (Lipinski definition) is 0. The minimum Gasteiger partial charge on any atom is -0.352 e. The van der Waals surface area contributed by atoms with Crippen LogP contribution >= 0.6 is 11.6 Å². The van der Waals surface area contributed by atoms with E-state index in [0.29, 0.717) is 11.2 Å². The SMILES string of the molecule is CCCN(c1nccnc1Cl)C(C)C. The van der Waals surface area contributed by atoms with Crippen LogP contribution in [-0.4, -0.2) is 22.6 Å². The van der Waals surface area contributed by atoms with E-state index in [4.69, 9.17) is 11.6 Å². The lowest BCUT2D eigenvalue weighted by Gasteiger charge is -2.27. The second-order valence-corrected chi connectivity index (χ2v) is 3.82. The first-order chi connectivity index (χ1) is 6.66. The molecule has 0 bridgehead atoms. The highest BCUT2D eigenvalue weighted by atomic mass is 35.5. The summed E-state index contributed by atoms with van der Waals surface area (Å²) >= 11 is 5.98. The molecule has 4 heteroatoms. The zero-order valence-electron chi connectivity index (χ0n) is 8.87. The smallest absolute Gasteiger partial charge is 0.171 e. The summed E-state index contributed by atoms with van der Waals surface area (Å²) in [6.45, 7) is 7.34. The minimum atomic E-state index is 0.393. The molecule has 0 saturated heterocycles. The predicted octanol–water partition coefficient (Wildman–Crippen LogP) is 2.75. The Morgan fingerprint density at radius 1 is 1.36 bits per heavy atom. The highest BCUT2D eigenvalue weighted by molar-refractivity contribution is 6.31. The highest BCUT2D eigenvalue weighted by Gasteiger charge is 2.14. The fourth-order valence-electron chi connectivity index (χ4n) is 1.36. The molecule has 14 heavy (non-hydrogen) atoms. The van der Waals surface area contributed by atoms with Gasteiger partial charge in [-0.3, -0.25) is 0 Å². The number of anilines is 1. The predicted molar refractivity (Wildman–Crippen MR) is 59.8 cm³/mol. The van der Waals surface area contributed by atoms with Crippen molar-refractivity contribution in [1.82, 2.24) is 9.97 Å². The van der Waals surface area contributed by atoms with E-state index in [1.165, 1.54) is 0 Å². The van der Waals surface area contributed by atoms with Gasteiger partial charge in [0.2, 0.25) is 0 Å². The van der Waals surface area contributed by atoms with Gasteiger partial charge >= 0.3 is 0 Å². The Balaban J connectivity index is 2.93. The first-order valence-electron chi connectivity index (χ1n) is 4.90. The summed E-state index contributed by atoms with van der Waals surface area (Å²) in [5, 5.41) is 0.481. The molecular weight excluding hydrogens is 198 g/mol. The maximum atomic E-state index is 5.98. The van der Waals surface area contributed by atoms with Gasteiger partial charge in [-0.05, 0) is 20.3 Å². The molecule has 0 aliphatic rings. The van der Waals surface area contributed by atoms with E-state index in [-0.39, 0.29) is 0 Å². The molecule has 0 fully saturated rings. The van der Waals surface area contributed by atoms with Gasteiger partial charge in [-0.2, -0.15) is 0 Å². The van der Waals surface area contributed by atoms with Crippen molar-refractivity contribution in [3.63, 3.8) is 0 Å². The zero-order chi connectivity index (χ0) is 10.6. The van der Waals surface area contributed by atoms with Crippen LogP contribution in [0.5, 0.6) is 0 Å². The lowest BCUT2D eigenvalue weighted by atomic mass is 10.3. The van der Waals surface area contributed by atoms with Crippen LogP contribution in [0.15, 0.2) is 12.4 Å². The van der Waals surface area contributed by atoms with E-state index in [0.717, 1.165) is 18.8 Å². The molecule has 1 rings (SSSR count). The maximum Gasteiger partial charge on any atom is 0.171 e. The van der Waals surface area contributed by atoms with Gasteiger partial charge in [-0.25, -0.2) is 9.97 Å². The van der Waals surface area contributed by atoms with Crippen LogP contribution in [0.1, 0.15) is 27.2 Å². The second-order valence-electron chi connectivity index (χ2n) is 3.46. The Morgan fingerprint density at radius 3 is 2.50 bits per heavy atom. The van der Waals surface area contributed by atoms with Crippen LogP contribution in [0, 0.1) is 0 Å². The fourth-order valence-corrected chi connectivity index (χ4v) is 1.57. The lowest BCUT2D eigenvalue weighted by Crippen LogP contribution is -2.32. The molecule has 0 aliphatic heterocycles. The van der Waals surface area contributed by atoms with Gasteiger partial charge in [0.05, 0.1) is 0 Å². The van der Waals surface area contributed by atoms with Crippen molar-refractivity contribution in [3.05, 3.63) is 17.5 Å². The van der Waals surface area contributed by atoms with Crippen molar-refractivity contribution in [2.24, 2.45) is 0 Å². The molecule has 78 valence electrons. The van der Waals surface area contributed by atoms with Gasteiger partial charge in [0, 0.05) is 25.0 Å². The standard InChI is InChI=1S/C10H16ClN3/c1-4-7-14(8(2)3)10-9(11)12-5-6-13-10/h5-6,8H,4,7H2,1-3H3. The third kappa shape index (κ3) is 2.58. The molecular formula is C10H16ClN3. The molecule has 0 spiro atoms. The molecule has 0 aromatic carbocycles. The maximum absolute atomic E-state index is 5.98. The minimum absolute atomic E-state index is 0.393. The first-order valence-corrected chi connectivity index (χ1v) is 5.27. The molecule has 0 amide bonds. The van der Waals surface area contributed by atoms with Gasteiger partial charge in [0.1, 0.15) is 0 Å². The monoisotopic (exact) mass is 213 g/mol. The molecule has 0 N–H and O–H groups in total. The van der Waals surface area contributed by atoms with Crippen molar-refractivity contribution in [1.29, 1.82) is 0 Å². The van der Waals surface area contributed by atoms with Crippen LogP contribution in [0.2, 0.25) is 5.15 Å². The van der Waals surface area contributed by atoms with Crippen LogP contribution in [0.4, 0.5) is 5.82 Å². The molecule has 0 aliphatic carbocycles. The summed E-state index contributed by atoms with van der Waals surface area (Å²) in [5.41, 5.74) is 0.